The van der Waals surface area contributed by atoms with Gasteiger partial charge in [0.05, 0.1) is 4.99 Å². The summed E-state index contributed by atoms with van der Waals surface area (Å²) in [5, 5.41) is 0. The third-order valence-corrected chi connectivity index (χ3v) is 11.2. The Balaban J connectivity index is 1.30. The van der Waals surface area contributed by atoms with Gasteiger partial charge in [-0.3, -0.25) is 0 Å². The quantitative estimate of drug-likeness (QED) is 0.473. The fourth-order valence-corrected chi connectivity index (χ4v) is 9.35. The molecule has 0 spiro atoms. The van der Waals surface area contributed by atoms with E-state index in [1.54, 1.807) is 5.56 Å². The second-order valence-electron chi connectivity index (χ2n) is 13.2. The highest BCUT2D eigenvalue weighted by Crippen LogP contribution is 2.68. The van der Waals surface area contributed by atoms with Gasteiger partial charge in [0, 0.05) is 24.5 Å². The first kappa shape index (κ1) is 23.7. The van der Waals surface area contributed by atoms with Crippen molar-refractivity contribution in [3.05, 3.63) is 71.8 Å². The van der Waals surface area contributed by atoms with Crippen LogP contribution in [0, 0.1) is 28.6 Å². The maximum atomic E-state index is 6.51. The van der Waals surface area contributed by atoms with E-state index in [0.29, 0.717) is 5.41 Å². The van der Waals surface area contributed by atoms with E-state index >= 15 is 0 Å². The van der Waals surface area contributed by atoms with Gasteiger partial charge in [0.15, 0.2) is 0 Å². The minimum atomic E-state index is 0.125. The summed E-state index contributed by atoms with van der Waals surface area (Å²) in [5.74, 6) is 2.42. The molecule has 2 unspecified atom stereocenters. The SMILES string of the molecule is CC1(C)CN(C(=S)C23CC4CC(c5ccccc5)(CC(C2)C4CCc2ccccc2)C3)CC[C@@H]1N. The van der Waals surface area contributed by atoms with E-state index in [-0.39, 0.29) is 16.9 Å². The van der Waals surface area contributed by atoms with Crippen molar-refractivity contribution in [1.82, 2.24) is 4.90 Å². The molecule has 1 heterocycles. The Bertz CT molecular complexity index is 1050. The Morgan fingerprint density at radius 3 is 2.20 bits per heavy atom. The molecular formula is C32H42N2S. The number of likely N-dealkylation sites (tertiary alicyclic amines) is 1. The summed E-state index contributed by atoms with van der Waals surface area (Å²) in [6, 6.07) is 22.9. The molecule has 3 atom stereocenters. The first-order chi connectivity index (χ1) is 16.8. The normalized spacial score (nSPS) is 37.4. The molecule has 0 amide bonds. The molecule has 5 fully saturated rings. The van der Waals surface area contributed by atoms with Crippen molar-refractivity contribution in [2.24, 2.45) is 34.3 Å². The molecule has 0 radical (unpaired) electrons. The molecule has 1 saturated heterocycles. The standard InChI is InChI=1S/C32H42N2S/c1-30(2)22-34(16-15-28(30)33)29(35)32-19-24-17-31(21-32,26-11-7-4-8-12-26)18-25(20-32)27(24)14-13-23-9-5-3-6-10-23/h3-12,24-25,27-28H,13-22,33H2,1-2H3/t24?,25?,27?,28-,31?,32?/m0/s1. The van der Waals surface area contributed by atoms with Crippen LogP contribution in [-0.4, -0.2) is 29.0 Å². The Kier molecular flexibility index (Phi) is 5.88. The van der Waals surface area contributed by atoms with Crippen LogP contribution in [0.2, 0.25) is 0 Å². The Morgan fingerprint density at radius 1 is 0.943 bits per heavy atom. The molecule has 2 aromatic rings. The van der Waals surface area contributed by atoms with Crippen LogP contribution >= 0.6 is 12.2 Å². The number of benzene rings is 2. The van der Waals surface area contributed by atoms with Crippen molar-refractivity contribution >= 4 is 17.2 Å². The number of piperidine rings is 1. The molecule has 4 aliphatic carbocycles. The third-order valence-electron chi connectivity index (χ3n) is 10.5. The summed E-state index contributed by atoms with van der Waals surface area (Å²) in [6.07, 6.45) is 10.2. The van der Waals surface area contributed by atoms with E-state index in [4.69, 9.17) is 18.0 Å². The molecule has 4 bridgehead atoms. The number of thiocarbonyl (C=S) groups is 1. The number of nitrogens with zero attached hydrogens (tertiary/aromatic N) is 1. The van der Waals surface area contributed by atoms with Crippen LogP contribution in [-0.2, 0) is 11.8 Å². The molecule has 0 aromatic heterocycles. The van der Waals surface area contributed by atoms with Crippen molar-refractivity contribution in [2.45, 2.75) is 76.7 Å². The van der Waals surface area contributed by atoms with E-state index < -0.39 is 0 Å². The van der Waals surface area contributed by atoms with E-state index in [0.717, 1.165) is 37.3 Å². The van der Waals surface area contributed by atoms with Gasteiger partial charge >= 0.3 is 0 Å². The molecule has 35 heavy (non-hydrogen) atoms. The van der Waals surface area contributed by atoms with Gasteiger partial charge in [-0.15, -0.1) is 0 Å². The van der Waals surface area contributed by atoms with Gasteiger partial charge in [0.25, 0.3) is 0 Å². The summed E-state index contributed by atoms with van der Waals surface area (Å²) in [4.78, 5) is 3.87. The van der Waals surface area contributed by atoms with Gasteiger partial charge < -0.3 is 10.6 Å². The lowest BCUT2D eigenvalue weighted by atomic mass is 9.39. The van der Waals surface area contributed by atoms with Crippen molar-refractivity contribution in [3.63, 3.8) is 0 Å². The number of hydrogen-bond donors (Lipinski definition) is 1. The lowest BCUT2D eigenvalue weighted by Crippen LogP contribution is -2.64. The lowest BCUT2D eigenvalue weighted by Gasteiger charge is -2.66. The van der Waals surface area contributed by atoms with Gasteiger partial charge in [-0.1, -0.05) is 86.7 Å². The van der Waals surface area contributed by atoms with E-state index in [9.17, 15) is 0 Å². The zero-order valence-corrected chi connectivity index (χ0v) is 22.4. The molecule has 2 N–H and O–H groups in total. The topological polar surface area (TPSA) is 29.3 Å². The van der Waals surface area contributed by atoms with Crippen LogP contribution in [0.5, 0.6) is 0 Å². The van der Waals surface area contributed by atoms with E-state index in [1.165, 1.54) is 55.5 Å². The number of hydrogen-bond acceptors (Lipinski definition) is 2. The van der Waals surface area contributed by atoms with Crippen molar-refractivity contribution in [2.75, 3.05) is 13.1 Å². The van der Waals surface area contributed by atoms with Crippen LogP contribution in [0.4, 0.5) is 0 Å². The van der Waals surface area contributed by atoms with Gasteiger partial charge in [-0.25, -0.2) is 0 Å². The molecular weight excluding hydrogens is 444 g/mol. The monoisotopic (exact) mass is 486 g/mol. The van der Waals surface area contributed by atoms with Crippen LogP contribution < -0.4 is 5.73 Å². The summed E-state index contributed by atoms with van der Waals surface area (Å²) >= 11 is 6.47. The molecule has 3 heteroatoms. The van der Waals surface area contributed by atoms with E-state index in [1.807, 2.05) is 0 Å². The van der Waals surface area contributed by atoms with Crippen molar-refractivity contribution in [1.29, 1.82) is 0 Å². The fraction of sp³-hybridized carbons (Fsp3) is 0.594. The van der Waals surface area contributed by atoms with Gasteiger partial charge in [0.2, 0.25) is 0 Å². The van der Waals surface area contributed by atoms with Crippen molar-refractivity contribution in [3.8, 4) is 0 Å². The number of aryl methyl sites for hydroxylation is 1. The second-order valence-corrected chi connectivity index (χ2v) is 13.6. The highest BCUT2D eigenvalue weighted by atomic mass is 32.1. The highest BCUT2D eigenvalue weighted by molar-refractivity contribution is 7.80. The molecule has 2 nitrogen and oxygen atoms in total. The Morgan fingerprint density at radius 2 is 1.57 bits per heavy atom. The molecule has 186 valence electrons. The predicted molar refractivity (Wildman–Crippen MR) is 149 cm³/mol. The van der Waals surface area contributed by atoms with Crippen LogP contribution in [0.15, 0.2) is 60.7 Å². The van der Waals surface area contributed by atoms with Crippen LogP contribution in [0.1, 0.15) is 69.9 Å². The first-order valence-electron chi connectivity index (χ1n) is 13.9. The van der Waals surface area contributed by atoms with E-state index in [2.05, 4.69) is 79.4 Å². The molecule has 1 aliphatic heterocycles. The molecule has 2 aromatic carbocycles. The maximum absolute atomic E-state index is 6.51. The van der Waals surface area contributed by atoms with Crippen molar-refractivity contribution < 1.29 is 0 Å². The summed E-state index contributed by atoms with van der Waals surface area (Å²) < 4.78 is 0. The Labute approximate surface area is 217 Å². The number of rotatable bonds is 5. The molecule has 4 saturated carbocycles. The largest absolute Gasteiger partial charge is 0.365 e. The second kappa shape index (κ2) is 8.70. The average Bonchev–Trinajstić information content (AvgIpc) is 2.85. The van der Waals surface area contributed by atoms with Gasteiger partial charge in [-0.05, 0) is 91.1 Å². The van der Waals surface area contributed by atoms with Crippen LogP contribution in [0.25, 0.3) is 0 Å². The fourth-order valence-electron chi connectivity index (χ4n) is 8.96. The predicted octanol–water partition coefficient (Wildman–Crippen LogP) is 6.77. The smallest absolute Gasteiger partial charge is 0.0842 e. The highest BCUT2D eigenvalue weighted by Gasteiger charge is 2.63. The zero-order chi connectivity index (χ0) is 24.3. The van der Waals surface area contributed by atoms with Gasteiger partial charge in [-0.2, -0.15) is 0 Å². The summed E-state index contributed by atoms with van der Waals surface area (Å²) in [5.41, 5.74) is 10.2. The average molecular weight is 487 g/mol. The third kappa shape index (κ3) is 4.07. The molecule has 7 rings (SSSR count). The zero-order valence-electron chi connectivity index (χ0n) is 21.6. The number of nitrogens with two attached hydrogens (primary N) is 1. The van der Waals surface area contributed by atoms with Gasteiger partial charge in [0.1, 0.15) is 0 Å². The minimum Gasteiger partial charge on any atom is -0.365 e. The van der Waals surface area contributed by atoms with Crippen LogP contribution in [0.3, 0.4) is 0 Å². The summed E-state index contributed by atoms with van der Waals surface area (Å²) in [6.45, 7) is 6.71. The maximum Gasteiger partial charge on any atom is 0.0842 e. The Hall–Kier alpha value is -1.71. The minimum absolute atomic E-state index is 0.125. The molecule has 5 aliphatic rings. The first-order valence-corrected chi connectivity index (χ1v) is 14.4. The summed E-state index contributed by atoms with van der Waals surface area (Å²) in [7, 11) is 0. The lowest BCUT2D eigenvalue weighted by molar-refractivity contribution is -0.0870.